The molecule has 0 aliphatic carbocycles. The van der Waals surface area contributed by atoms with Crippen LogP contribution in [-0.4, -0.2) is 93.2 Å². The van der Waals surface area contributed by atoms with Crippen LogP contribution < -0.4 is 9.47 Å². The molecule has 2 aromatic carbocycles. The molecule has 2 heterocycles. The first kappa shape index (κ1) is 30.1. The van der Waals surface area contributed by atoms with Crippen molar-refractivity contribution in [2.75, 3.05) is 66.7 Å². The fraction of sp³-hybridized carbons (Fsp3) is 0.438. The molecule has 0 N–H and O–H groups in total. The molecule has 0 atom stereocenters. The van der Waals surface area contributed by atoms with Gasteiger partial charge in [-0.3, -0.25) is 14.5 Å². The summed E-state index contributed by atoms with van der Waals surface area (Å²) in [4.78, 5) is 33.2. The molecule has 9 nitrogen and oxygen atoms in total. The zero-order valence-corrected chi connectivity index (χ0v) is 24.3. The molecule has 220 valence electrons. The van der Waals surface area contributed by atoms with E-state index in [4.69, 9.17) is 18.6 Å². The molecule has 41 heavy (non-hydrogen) atoms. The van der Waals surface area contributed by atoms with Crippen LogP contribution in [0.3, 0.4) is 0 Å². The lowest BCUT2D eigenvalue weighted by atomic mass is 10.1. The monoisotopic (exact) mass is 563 g/mol. The Morgan fingerprint density at radius 3 is 2.37 bits per heavy atom. The van der Waals surface area contributed by atoms with Crippen LogP contribution in [0, 0.1) is 6.92 Å². The Bertz CT molecular complexity index is 1240. The largest absolute Gasteiger partial charge is 0.493 e. The Hall–Kier alpha value is -3.82. The van der Waals surface area contributed by atoms with Crippen molar-refractivity contribution < 1.29 is 28.2 Å². The minimum absolute atomic E-state index is 0.0114. The molecule has 1 saturated heterocycles. The topological polar surface area (TPSA) is 84.7 Å². The zero-order valence-electron chi connectivity index (χ0n) is 24.3. The number of amides is 2. The van der Waals surface area contributed by atoms with Gasteiger partial charge in [-0.2, -0.15) is 0 Å². The first-order chi connectivity index (χ1) is 20.0. The fourth-order valence-electron chi connectivity index (χ4n) is 4.89. The predicted octanol–water partition coefficient (Wildman–Crippen LogP) is 4.04. The highest BCUT2D eigenvalue weighted by Gasteiger charge is 2.24. The molecule has 1 aliphatic rings. The first-order valence-electron chi connectivity index (χ1n) is 14.1. The molecule has 0 saturated carbocycles. The number of aryl methyl sites for hydroxylation is 1. The first-order valence-corrected chi connectivity index (χ1v) is 14.1. The Kier molecular flexibility index (Phi) is 11.2. The molecule has 2 amide bonds. The van der Waals surface area contributed by atoms with Crippen LogP contribution in [0.4, 0.5) is 0 Å². The Morgan fingerprint density at radius 1 is 0.927 bits per heavy atom. The van der Waals surface area contributed by atoms with Gasteiger partial charge < -0.3 is 28.4 Å². The fourth-order valence-corrected chi connectivity index (χ4v) is 4.89. The van der Waals surface area contributed by atoms with Crippen molar-refractivity contribution in [3.8, 4) is 11.5 Å². The van der Waals surface area contributed by atoms with Crippen LogP contribution in [0.2, 0.25) is 0 Å². The van der Waals surface area contributed by atoms with Crippen LogP contribution in [0.25, 0.3) is 0 Å². The van der Waals surface area contributed by atoms with Gasteiger partial charge in [0.15, 0.2) is 11.5 Å². The van der Waals surface area contributed by atoms with E-state index in [9.17, 15) is 9.59 Å². The summed E-state index contributed by atoms with van der Waals surface area (Å²) < 4.78 is 21.8. The van der Waals surface area contributed by atoms with Gasteiger partial charge in [-0.05, 0) is 61.7 Å². The second-order valence-electron chi connectivity index (χ2n) is 10.2. The van der Waals surface area contributed by atoms with E-state index in [1.54, 1.807) is 30.3 Å². The number of hydrogen-bond donors (Lipinski definition) is 0. The molecule has 3 aromatic rings. The standard InChI is InChI=1S/C32H41N3O6/c1-25-7-10-27(11-8-25)32(37)35(15-5-14-33-17-20-40-21-18-33)24-31(36)34(23-28-6-4-19-41-28)16-13-26-9-12-29(38-2)30(22-26)39-3/h4,6-12,19,22H,5,13-18,20-21,23-24H2,1-3H3. The summed E-state index contributed by atoms with van der Waals surface area (Å²) in [6, 6.07) is 16.9. The summed E-state index contributed by atoms with van der Waals surface area (Å²) >= 11 is 0. The number of methoxy groups -OCH3 is 2. The molecular weight excluding hydrogens is 522 g/mol. The minimum atomic E-state index is -0.141. The number of hydrogen-bond acceptors (Lipinski definition) is 7. The highest BCUT2D eigenvalue weighted by Crippen LogP contribution is 2.28. The number of benzene rings is 2. The summed E-state index contributed by atoms with van der Waals surface area (Å²) in [5, 5.41) is 0. The van der Waals surface area contributed by atoms with Crippen molar-refractivity contribution >= 4 is 11.8 Å². The molecule has 0 unspecified atom stereocenters. The summed E-state index contributed by atoms with van der Waals surface area (Å²) in [7, 11) is 3.21. The van der Waals surface area contributed by atoms with E-state index in [1.165, 1.54) is 0 Å². The second kappa shape index (κ2) is 15.3. The Morgan fingerprint density at radius 2 is 1.68 bits per heavy atom. The Labute approximate surface area is 242 Å². The smallest absolute Gasteiger partial charge is 0.254 e. The average molecular weight is 564 g/mol. The zero-order chi connectivity index (χ0) is 29.0. The van der Waals surface area contributed by atoms with Gasteiger partial charge in [0.2, 0.25) is 5.91 Å². The maximum atomic E-state index is 13.8. The summed E-state index contributed by atoms with van der Waals surface area (Å²) in [6.45, 7) is 7.32. The number of nitrogens with zero attached hydrogens (tertiary/aromatic N) is 3. The third-order valence-electron chi connectivity index (χ3n) is 7.32. The van der Waals surface area contributed by atoms with E-state index in [0.29, 0.717) is 48.9 Å². The van der Waals surface area contributed by atoms with Gasteiger partial charge in [-0.1, -0.05) is 23.8 Å². The number of carbonyl (C=O) groups is 2. The highest BCUT2D eigenvalue weighted by atomic mass is 16.5. The van der Waals surface area contributed by atoms with E-state index in [1.807, 2.05) is 61.5 Å². The summed E-state index contributed by atoms with van der Waals surface area (Å²) in [5.41, 5.74) is 2.67. The summed E-state index contributed by atoms with van der Waals surface area (Å²) in [6.07, 6.45) is 2.98. The molecule has 1 aliphatic heterocycles. The van der Waals surface area contributed by atoms with Crippen molar-refractivity contribution in [2.24, 2.45) is 0 Å². The second-order valence-corrected chi connectivity index (χ2v) is 10.2. The minimum Gasteiger partial charge on any atom is -0.493 e. The van der Waals surface area contributed by atoms with Crippen LogP contribution >= 0.6 is 0 Å². The molecule has 1 fully saturated rings. The molecule has 1 aromatic heterocycles. The van der Waals surface area contributed by atoms with Gasteiger partial charge in [0.05, 0.1) is 40.2 Å². The van der Waals surface area contributed by atoms with Crippen LogP contribution in [-0.2, 0) is 22.5 Å². The number of ether oxygens (including phenoxy) is 3. The summed E-state index contributed by atoms with van der Waals surface area (Å²) in [5.74, 6) is 1.72. The van der Waals surface area contributed by atoms with Crippen LogP contribution in [0.15, 0.2) is 65.3 Å². The number of morpholine rings is 1. The molecule has 0 bridgehead atoms. The average Bonchev–Trinajstić information content (AvgIpc) is 3.52. The van der Waals surface area contributed by atoms with Gasteiger partial charge in [-0.25, -0.2) is 0 Å². The highest BCUT2D eigenvalue weighted by molar-refractivity contribution is 5.96. The van der Waals surface area contributed by atoms with Crippen molar-refractivity contribution in [1.29, 1.82) is 0 Å². The SMILES string of the molecule is COc1ccc(CCN(Cc2ccco2)C(=O)CN(CCCN2CCOCC2)C(=O)c2ccc(C)cc2)cc1OC. The lowest BCUT2D eigenvalue weighted by molar-refractivity contribution is -0.132. The van der Waals surface area contributed by atoms with Gasteiger partial charge in [0, 0.05) is 38.3 Å². The Balaban J connectivity index is 1.47. The quantitative estimate of drug-likeness (QED) is 0.293. The van der Waals surface area contributed by atoms with Gasteiger partial charge in [0.1, 0.15) is 12.3 Å². The van der Waals surface area contributed by atoms with Gasteiger partial charge in [0.25, 0.3) is 5.91 Å². The van der Waals surface area contributed by atoms with Gasteiger partial charge >= 0.3 is 0 Å². The third-order valence-corrected chi connectivity index (χ3v) is 7.32. The third kappa shape index (κ3) is 8.83. The maximum Gasteiger partial charge on any atom is 0.254 e. The molecule has 0 radical (unpaired) electrons. The predicted molar refractivity (Wildman–Crippen MR) is 156 cm³/mol. The number of rotatable bonds is 14. The van der Waals surface area contributed by atoms with E-state index in [2.05, 4.69) is 4.90 Å². The van der Waals surface area contributed by atoms with Crippen molar-refractivity contribution in [1.82, 2.24) is 14.7 Å². The number of carbonyl (C=O) groups excluding carboxylic acids is 2. The maximum absolute atomic E-state index is 13.8. The van der Waals surface area contributed by atoms with Gasteiger partial charge in [-0.15, -0.1) is 0 Å². The lowest BCUT2D eigenvalue weighted by Crippen LogP contribution is -2.44. The van der Waals surface area contributed by atoms with Crippen molar-refractivity contribution in [2.45, 2.75) is 26.3 Å². The lowest BCUT2D eigenvalue weighted by Gasteiger charge is -2.30. The van der Waals surface area contributed by atoms with E-state index < -0.39 is 0 Å². The van der Waals surface area contributed by atoms with E-state index >= 15 is 0 Å². The van der Waals surface area contributed by atoms with Crippen molar-refractivity contribution in [3.05, 3.63) is 83.3 Å². The van der Waals surface area contributed by atoms with Crippen LogP contribution in [0.5, 0.6) is 11.5 Å². The number of furan rings is 1. The normalized spacial score (nSPS) is 13.5. The van der Waals surface area contributed by atoms with Crippen LogP contribution in [0.1, 0.15) is 33.7 Å². The molecule has 9 heteroatoms. The molecule has 0 spiro atoms. The molecule has 4 rings (SSSR count). The van der Waals surface area contributed by atoms with E-state index in [0.717, 1.165) is 50.4 Å². The van der Waals surface area contributed by atoms with Crippen molar-refractivity contribution in [3.63, 3.8) is 0 Å². The molecular formula is C32H41N3O6. The van der Waals surface area contributed by atoms with E-state index in [-0.39, 0.29) is 18.4 Å².